The normalized spacial score (nSPS) is 11.1. The van der Waals surface area contributed by atoms with Gasteiger partial charge in [-0.2, -0.15) is 0 Å². The summed E-state index contributed by atoms with van der Waals surface area (Å²) < 4.78 is 24.6. The lowest BCUT2D eigenvalue weighted by Crippen LogP contribution is -1.87. The number of hydrogen-bond acceptors (Lipinski definition) is 8. The third kappa shape index (κ3) is 3.42. The Balaban J connectivity index is 1.53. The predicted octanol–water partition coefficient (Wildman–Crippen LogP) is 5.71. The first kappa shape index (κ1) is 18.7. The van der Waals surface area contributed by atoms with Crippen molar-refractivity contribution in [1.82, 2.24) is 20.2 Å². The Morgan fingerprint density at radius 3 is 2.67 bits per heavy atom. The molecular formula is C21H13FN4O2S2. The number of methoxy groups -OCH3 is 1. The van der Waals surface area contributed by atoms with Gasteiger partial charge in [0.1, 0.15) is 27.8 Å². The second kappa shape index (κ2) is 7.85. The number of fused-ring (bicyclic) bond motifs is 1. The third-order valence-electron chi connectivity index (χ3n) is 4.42. The molecule has 0 aliphatic carbocycles. The smallest absolute Gasteiger partial charge is 0.283 e. The van der Waals surface area contributed by atoms with Crippen LogP contribution in [-0.4, -0.2) is 27.3 Å². The number of benzene rings is 2. The van der Waals surface area contributed by atoms with Gasteiger partial charge in [-0.3, -0.25) is 0 Å². The minimum Gasteiger partial charge on any atom is -0.496 e. The number of para-hydroxylation sites is 1. The molecule has 0 radical (unpaired) electrons. The van der Waals surface area contributed by atoms with E-state index in [1.165, 1.54) is 41.6 Å². The first-order valence-corrected chi connectivity index (χ1v) is 10.6. The van der Waals surface area contributed by atoms with Gasteiger partial charge in [0.25, 0.3) is 11.1 Å². The van der Waals surface area contributed by atoms with Crippen LogP contribution < -0.4 is 4.74 Å². The summed E-state index contributed by atoms with van der Waals surface area (Å²) >= 11 is 2.77. The van der Waals surface area contributed by atoms with Crippen LogP contribution in [0.1, 0.15) is 0 Å². The van der Waals surface area contributed by atoms with Gasteiger partial charge in [-0.15, -0.1) is 21.5 Å². The maximum atomic E-state index is 13.3. The number of aromatic nitrogens is 4. The van der Waals surface area contributed by atoms with Crippen LogP contribution in [0.2, 0.25) is 0 Å². The van der Waals surface area contributed by atoms with E-state index in [0.717, 1.165) is 26.9 Å². The molecule has 0 saturated carbocycles. The van der Waals surface area contributed by atoms with Gasteiger partial charge in [0.15, 0.2) is 0 Å². The molecule has 0 saturated heterocycles. The summed E-state index contributed by atoms with van der Waals surface area (Å²) in [7, 11) is 1.59. The summed E-state index contributed by atoms with van der Waals surface area (Å²) in [6.45, 7) is 0. The SMILES string of the molecule is COc1ccccc1-c1nnc(Sc2ncnc3scc(-c4ccc(F)cc4)c23)o1. The molecule has 30 heavy (non-hydrogen) atoms. The van der Waals surface area contributed by atoms with Crippen molar-refractivity contribution in [2.45, 2.75) is 10.2 Å². The lowest BCUT2D eigenvalue weighted by atomic mass is 10.1. The molecule has 2 aromatic carbocycles. The van der Waals surface area contributed by atoms with Gasteiger partial charge in [0.05, 0.1) is 18.1 Å². The highest BCUT2D eigenvalue weighted by molar-refractivity contribution is 7.99. The number of nitrogens with zero attached hydrogens (tertiary/aromatic N) is 4. The van der Waals surface area contributed by atoms with Crippen LogP contribution in [-0.2, 0) is 0 Å². The third-order valence-corrected chi connectivity index (χ3v) is 6.15. The Morgan fingerprint density at radius 1 is 1.00 bits per heavy atom. The van der Waals surface area contributed by atoms with Gasteiger partial charge in [0.2, 0.25) is 0 Å². The Kier molecular flexibility index (Phi) is 4.89. The van der Waals surface area contributed by atoms with Crippen LogP contribution in [0.3, 0.4) is 0 Å². The number of thiophene rings is 1. The molecule has 0 atom stereocenters. The average Bonchev–Trinajstić information content (AvgIpc) is 3.42. The van der Waals surface area contributed by atoms with Crippen LogP contribution in [0.5, 0.6) is 5.75 Å². The molecule has 6 nitrogen and oxygen atoms in total. The van der Waals surface area contributed by atoms with Gasteiger partial charge in [-0.1, -0.05) is 24.3 Å². The summed E-state index contributed by atoms with van der Waals surface area (Å²) in [5.74, 6) is 0.738. The van der Waals surface area contributed by atoms with Crippen molar-refractivity contribution >= 4 is 33.3 Å². The largest absolute Gasteiger partial charge is 0.496 e. The molecule has 0 aliphatic rings. The molecular weight excluding hydrogens is 423 g/mol. The van der Waals surface area contributed by atoms with Gasteiger partial charge < -0.3 is 9.15 Å². The fraction of sp³-hybridized carbons (Fsp3) is 0.0476. The summed E-state index contributed by atoms with van der Waals surface area (Å²) in [4.78, 5) is 9.62. The van der Waals surface area contributed by atoms with E-state index in [2.05, 4.69) is 20.2 Å². The molecule has 148 valence electrons. The molecule has 0 unspecified atom stereocenters. The van der Waals surface area contributed by atoms with E-state index in [4.69, 9.17) is 9.15 Å². The van der Waals surface area contributed by atoms with E-state index in [1.54, 1.807) is 19.2 Å². The number of halogens is 1. The van der Waals surface area contributed by atoms with E-state index < -0.39 is 0 Å². The number of ether oxygens (including phenoxy) is 1. The lowest BCUT2D eigenvalue weighted by molar-refractivity contribution is 0.411. The fourth-order valence-electron chi connectivity index (χ4n) is 3.03. The van der Waals surface area contributed by atoms with Crippen LogP contribution in [0.4, 0.5) is 4.39 Å². The molecule has 0 amide bonds. The van der Waals surface area contributed by atoms with Crippen molar-refractivity contribution in [3.05, 3.63) is 66.1 Å². The number of rotatable bonds is 5. The molecule has 5 rings (SSSR count). The second-order valence-corrected chi connectivity index (χ2v) is 7.99. The monoisotopic (exact) mass is 436 g/mol. The van der Waals surface area contributed by atoms with Crippen molar-refractivity contribution in [2.75, 3.05) is 7.11 Å². The zero-order chi connectivity index (χ0) is 20.5. The maximum Gasteiger partial charge on any atom is 0.283 e. The van der Waals surface area contributed by atoms with Crippen molar-refractivity contribution < 1.29 is 13.5 Å². The highest BCUT2D eigenvalue weighted by Crippen LogP contribution is 2.40. The lowest BCUT2D eigenvalue weighted by Gasteiger charge is -2.04. The van der Waals surface area contributed by atoms with E-state index in [1.807, 2.05) is 29.6 Å². The molecule has 5 aromatic rings. The first-order valence-electron chi connectivity index (χ1n) is 8.86. The highest BCUT2D eigenvalue weighted by Gasteiger charge is 2.18. The van der Waals surface area contributed by atoms with Crippen LogP contribution in [0.15, 0.2) is 74.9 Å². The van der Waals surface area contributed by atoms with Crippen molar-refractivity contribution in [2.24, 2.45) is 0 Å². The van der Waals surface area contributed by atoms with Gasteiger partial charge >= 0.3 is 0 Å². The summed E-state index contributed by atoms with van der Waals surface area (Å²) in [5, 5.41) is 12.2. The zero-order valence-corrected chi connectivity index (χ0v) is 17.2. The first-order chi connectivity index (χ1) is 14.7. The van der Waals surface area contributed by atoms with Crippen molar-refractivity contribution in [3.8, 4) is 28.3 Å². The standard InChI is InChI=1S/C21H13FN4O2S2/c1-27-16-5-3-2-4-14(16)18-25-26-21(28-18)30-20-17-15(10-29-19(17)23-11-24-20)12-6-8-13(22)9-7-12/h2-11H,1H3. The Bertz CT molecular complexity index is 1330. The van der Waals surface area contributed by atoms with Crippen molar-refractivity contribution in [1.29, 1.82) is 0 Å². The minimum atomic E-state index is -0.279. The summed E-state index contributed by atoms with van der Waals surface area (Å²) in [6.07, 6.45) is 1.51. The molecule has 0 N–H and O–H groups in total. The molecule has 0 spiro atoms. The molecule has 3 heterocycles. The van der Waals surface area contributed by atoms with E-state index >= 15 is 0 Å². The molecule has 3 aromatic heterocycles. The second-order valence-electron chi connectivity index (χ2n) is 6.19. The highest BCUT2D eigenvalue weighted by atomic mass is 32.2. The summed E-state index contributed by atoms with van der Waals surface area (Å²) in [5.41, 5.74) is 2.54. The Hall–Kier alpha value is -3.30. The Morgan fingerprint density at radius 2 is 1.83 bits per heavy atom. The average molecular weight is 436 g/mol. The Labute approximate surface area is 178 Å². The molecule has 0 bridgehead atoms. The topological polar surface area (TPSA) is 73.9 Å². The summed E-state index contributed by atoms with van der Waals surface area (Å²) in [6, 6.07) is 13.8. The van der Waals surface area contributed by atoms with Gasteiger partial charge in [-0.25, -0.2) is 14.4 Å². The van der Waals surface area contributed by atoms with Crippen LogP contribution >= 0.6 is 23.1 Å². The molecule has 0 fully saturated rings. The zero-order valence-electron chi connectivity index (χ0n) is 15.6. The maximum absolute atomic E-state index is 13.3. The minimum absolute atomic E-state index is 0.279. The quantitative estimate of drug-likeness (QED) is 0.327. The van der Waals surface area contributed by atoms with E-state index in [-0.39, 0.29) is 5.82 Å². The number of hydrogen-bond donors (Lipinski definition) is 0. The van der Waals surface area contributed by atoms with Crippen LogP contribution in [0, 0.1) is 5.82 Å². The molecule has 9 heteroatoms. The van der Waals surface area contributed by atoms with Gasteiger partial charge in [0, 0.05) is 10.9 Å². The van der Waals surface area contributed by atoms with E-state index in [0.29, 0.717) is 21.9 Å². The van der Waals surface area contributed by atoms with Crippen molar-refractivity contribution in [3.63, 3.8) is 0 Å². The van der Waals surface area contributed by atoms with Gasteiger partial charge in [-0.05, 0) is 41.6 Å². The fourth-order valence-corrected chi connectivity index (χ4v) is 4.79. The molecule has 0 aliphatic heterocycles. The van der Waals surface area contributed by atoms with Crippen LogP contribution in [0.25, 0.3) is 32.8 Å². The van der Waals surface area contributed by atoms with E-state index in [9.17, 15) is 4.39 Å². The predicted molar refractivity (Wildman–Crippen MR) is 113 cm³/mol.